The molecule has 0 aliphatic carbocycles. The summed E-state index contributed by atoms with van der Waals surface area (Å²) < 4.78 is 0. The zero-order chi connectivity index (χ0) is 11.1. The van der Waals surface area contributed by atoms with E-state index in [-0.39, 0.29) is 30.9 Å². The molecular formula is C11H22Cl2N2OS. The highest BCUT2D eigenvalue weighted by Gasteiger charge is 1.98. The summed E-state index contributed by atoms with van der Waals surface area (Å²) in [4.78, 5) is 1.41. The number of halogens is 2. The monoisotopic (exact) mass is 300 g/mol. The third kappa shape index (κ3) is 8.83. The van der Waals surface area contributed by atoms with E-state index in [1.54, 1.807) is 18.3 Å². The van der Waals surface area contributed by atoms with Crippen LogP contribution in [0.2, 0.25) is 0 Å². The van der Waals surface area contributed by atoms with Gasteiger partial charge in [-0.1, -0.05) is 0 Å². The Kier molecular flexibility index (Phi) is 12.9. The lowest BCUT2D eigenvalue weighted by atomic mass is 10.3. The minimum atomic E-state index is -0.260. The van der Waals surface area contributed by atoms with E-state index in [0.717, 1.165) is 19.6 Å². The molecular weight excluding hydrogens is 279 g/mol. The van der Waals surface area contributed by atoms with Crippen LogP contribution in [-0.2, 0) is 6.54 Å². The van der Waals surface area contributed by atoms with E-state index in [1.165, 1.54) is 10.4 Å². The van der Waals surface area contributed by atoms with E-state index < -0.39 is 0 Å². The number of hydrogen-bond acceptors (Lipinski definition) is 4. The van der Waals surface area contributed by atoms with Crippen LogP contribution in [0.15, 0.2) is 11.4 Å². The Morgan fingerprint density at radius 3 is 2.47 bits per heavy atom. The van der Waals surface area contributed by atoms with Crippen molar-refractivity contribution in [2.24, 2.45) is 0 Å². The Bertz CT molecular complexity index is 282. The van der Waals surface area contributed by atoms with Gasteiger partial charge in [0.2, 0.25) is 0 Å². The Labute approximate surface area is 120 Å². The second-order valence-electron chi connectivity index (χ2n) is 3.76. The van der Waals surface area contributed by atoms with Crippen LogP contribution >= 0.6 is 36.2 Å². The molecule has 6 heteroatoms. The van der Waals surface area contributed by atoms with Gasteiger partial charge in [-0.05, 0) is 30.9 Å². The first-order chi connectivity index (χ1) is 7.20. The first-order valence-corrected chi connectivity index (χ1v) is 6.20. The fraction of sp³-hybridized carbons (Fsp3) is 0.636. The van der Waals surface area contributed by atoms with Crippen LogP contribution in [0.4, 0.5) is 0 Å². The Morgan fingerprint density at radius 2 is 1.94 bits per heavy atom. The van der Waals surface area contributed by atoms with E-state index in [0.29, 0.717) is 6.54 Å². The maximum Gasteiger partial charge on any atom is 0.0636 e. The molecule has 0 saturated carbocycles. The molecule has 0 bridgehead atoms. The third-order valence-corrected chi connectivity index (χ3v) is 3.20. The highest BCUT2D eigenvalue weighted by atomic mass is 35.5. The first-order valence-electron chi connectivity index (χ1n) is 5.32. The molecule has 1 unspecified atom stereocenters. The molecule has 1 atom stereocenters. The molecule has 17 heavy (non-hydrogen) atoms. The van der Waals surface area contributed by atoms with Gasteiger partial charge in [-0.25, -0.2) is 0 Å². The third-order valence-electron chi connectivity index (χ3n) is 2.17. The predicted octanol–water partition coefficient (Wildman–Crippen LogP) is 1.96. The number of aryl methyl sites for hydroxylation is 1. The lowest BCUT2D eigenvalue weighted by molar-refractivity contribution is 0.191. The predicted molar refractivity (Wildman–Crippen MR) is 79.8 cm³/mol. The van der Waals surface area contributed by atoms with Crippen molar-refractivity contribution in [2.75, 3.05) is 19.6 Å². The number of aliphatic hydroxyl groups is 1. The minimum Gasteiger partial charge on any atom is -0.392 e. The maximum absolute atomic E-state index is 9.01. The fourth-order valence-electron chi connectivity index (χ4n) is 1.27. The van der Waals surface area contributed by atoms with Gasteiger partial charge in [0.05, 0.1) is 6.10 Å². The van der Waals surface area contributed by atoms with Gasteiger partial charge in [0.15, 0.2) is 0 Å². The lowest BCUT2D eigenvalue weighted by Crippen LogP contribution is -2.31. The Hall–Kier alpha value is 0.160. The average Bonchev–Trinajstić information content (AvgIpc) is 2.57. The molecule has 0 saturated heterocycles. The van der Waals surface area contributed by atoms with Crippen molar-refractivity contribution in [3.05, 3.63) is 21.9 Å². The second-order valence-corrected chi connectivity index (χ2v) is 4.76. The number of nitrogens with one attached hydrogen (secondary N) is 2. The number of thiophene rings is 1. The summed E-state index contributed by atoms with van der Waals surface area (Å²) in [7, 11) is 0. The molecule has 1 heterocycles. The summed E-state index contributed by atoms with van der Waals surface area (Å²) in [5, 5.41) is 17.7. The molecule has 1 aromatic heterocycles. The molecule has 0 aromatic carbocycles. The van der Waals surface area contributed by atoms with Gasteiger partial charge < -0.3 is 15.7 Å². The van der Waals surface area contributed by atoms with Crippen LogP contribution in [0, 0.1) is 6.92 Å². The molecule has 0 fully saturated rings. The lowest BCUT2D eigenvalue weighted by Gasteiger charge is -2.07. The van der Waals surface area contributed by atoms with Gasteiger partial charge in [0.25, 0.3) is 0 Å². The Balaban J connectivity index is 0. The van der Waals surface area contributed by atoms with E-state index in [1.807, 2.05) is 0 Å². The van der Waals surface area contributed by atoms with E-state index in [9.17, 15) is 0 Å². The summed E-state index contributed by atoms with van der Waals surface area (Å²) in [6, 6.07) is 2.15. The molecule has 3 N–H and O–H groups in total. The van der Waals surface area contributed by atoms with Gasteiger partial charge >= 0.3 is 0 Å². The standard InChI is InChI=1S/C11H20N2OS.2ClH/c1-9-3-6-15-11(9)8-13-5-4-12-7-10(2)14;;/h3,6,10,12-14H,4-5,7-8H2,1-2H3;2*1H. The molecule has 0 aliphatic heterocycles. The van der Waals surface area contributed by atoms with Crippen molar-refractivity contribution in [3.63, 3.8) is 0 Å². The second kappa shape index (κ2) is 11.3. The summed E-state index contributed by atoms with van der Waals surface area (Å²) in [6.07, 6.45) is -0.260. The molecule has 102 valence electrons. The van der Waals surface area contributed by atoms with Crippen molar-refractivity contribution < 1.29 is 5.11 Å². The average molecular weight is 301 g/mol. The topological polar surface area (TPSA) is 44.3 Å². The minimum absolute atomic E-state index is 0. The van der Waals surface area contributed by atoms with Crippen molar-refractivity contribution in [2.45, 2.75) is 26.5 Å². The van der Waals surface area contributed by atoms with Crippen LogP contribution in [0.1, 0.15) is 17.4 Å². The molecule has 0 spiro atoms. The van der Waals surface area contributed by atoms with E-state index >= 15 is 0 Å². The highest BCUT2D eigenvalue weighted by molar-refractivity contribution is 7.10. The largest absolute Gasteiger partial charge is 0.392 e. The van der Waals surface area contributed by atoms with Crippen molar-refractivity contribution in [1.29, 1.82) is 0 Å². The molecule has 3 nitrogen and oxygen atoms in total. The summed E-state index contributed by atoms with van der Waals surface area (Å²) in [5.41, 5.74) is 1.37. The van der Waals surface area contributed by atoms with Crippen LogP contribution in [0.3, 0.4) is 0 Å². The molecule has 1 aromatic rings. The Morgan fingerprint density at radius 1 is 1.29 bits per heavy atom. The van der Waals surface area contributed by atoms with E-state index in [2.05, 4.69) is 29.0 Å². The van der Waals surface area contributed by atoms with Gasteiger partial charge in [0, 0.05) is 31.1 Å². The normalized spacial score (nSPS) is 11.5. The summed E-state index contributed by atoms with van der Waals surface area (Å²) in [5.74, 6) is 0. The SMILES string of the molecule is Cc1ccsc1CNCCNCC(C)O.Cl.Cl. The smallest absolute Gasteiger partial charge is 0.0636 e. The summed E-state index contributed by atoms with van der Waals surface area (Å²) >= 11 is 1.80. The summed E-state index contributed by atoms with van der Waals surface area (Å²) in [6.45, 7) is 7.37. The van der Waals surface area contributed by atoms with Crippen molar-refractivity contribution in [3.8, 4) is 0 Å². The van der Waals surface area contributed by atoms with Crippen molar-refractivity contribution in [1.82, 2.24) is 10.6 Å². The van der Waals surface area contributed by atoms with Gasteiger partial charge in [0.1, 0.15) is 0 Å². The van der Waals surface area contributed by atoms with E-state index in [4.69, 9.17) is 5.11 Å². The van der Waals surface area contributed by atoms with Crippen molar-refractivity contribution >= 4 is 36.2 Å². The van der Waals surface area contributed by atoms with Crippen LogP contribution < -0.4 is 10.6 Å². The number of hydrogen-bond donors (Lipinski definition) is 3. The zero-order valence-electron chi connectivity index (χ0n) is 10.2. The van der Waals surface area contributed by atoms with Crippen LogP contribution in [0.5, 0.6) is 0 Å². The highest BCUT2D eigenvalue weighted by Crippen LogP contribution is 2.14. The molecule has 0 radical (unpaired) electrons. The van der Waals surface area contributed by atoms with Gasteiger partial charge in [-0.2, -0.15) is 0 Å². The molecule has 1 rings (SSSR count). The molecule has 0 amide bonds. The first kappa shape index (κ1) is 19.5. The van der Waals surface area contributed by atoms with Gasteiger partial charge in [-0.15, -0.1) is 36.2 Å². The number of rotatable bonds is 7. The fourth-order valence-corrected chi connectivity index (χ4v) is 2.15. The van der Waals surface area contributed by atoms with Crippen LogP contribution in [0.25, 0.3) is 0 Å². The molecule has 0 aliphatic rings. The van der Waals surface area contributed by atoms with Crippen LogP contribution in [-0.4, -0.2) is 30.8 Å². The number of aliphatic hydroxyl groups excluding tert-OH is 1. The maximum atomic E-state index is 9.01. The van der Waals surface area contributed by atoms with Gasteiger partial charge in [-0.3, -0.25) is 0 Å². The quantitative estimate of drug-likeness (QED) is 0.675. The zero-order valence-corrected chi connectivity index (χ0v) is 12.7.